The zero-order valence-electron chi connectivity index (χ0n) is 8.16. The average Bonchev–Trinajstić information content (AvgIpc) is 2.14. The minimum absolute atomic E-state index is 0.243. The third-order valence-corrected chi connectivity index (χ3v) is 2.06. The molecule has 0 fully saturated rings. The van der Waals surface area contributed by atoms with Crippen LogP contribution in [0.15, 0.2) is 37.4 Å². The Kier molecular flexibility index (Phi) is 3.35. The Hall–Kier alpha value is -1.70. The average molecular weight is 189 g/mol. The Morgan fingerprint density at radius 2 is 1.57 bits per heavy atom. The molecule has 0 aliphatic carbocycles. The van der Waals surface area contributed by atoms with Crippen molar-refractivity contribution < 1.29 is 5.11 Å². The molecule has 0 spiro atoms. The van der Waals surface area contributed by atoms with Crippen molar-refractivity contribution >= 4 is 5.69 Å². The zero-order valence-corrected chi connectivity index (χ0v) is 8.16. The number of aromatic hydroxyl groups is 1. The highest BCUT2D eigenvalue weighted by molar-refractivity contribution is 5.58. The van der Waals surface area contributed by atoms with Crippen molar-refractivity contribution in [2.75, 3.05) is 5.73 Å². The van der Waals surface area contributed by atoms with Gasteiger partial charge in [0.05, 0.1) is 0 Å². The van der Waals surface area contributed by atoms with Gasteiger partial charge in [-0.3, -0.25) is 0 Å². The standard InChI is InChI=1S/C12H15NO/c1-3-5-9-7-11(14)8-10(6-4-2)12(9)13/h3-4,7-8,14H,1-2,5-6,13H2. The predicted molar refractivity (Wildman–Crippen MR) is 60.3 cm³/mol. The summed E-state index contributed by atoms with van der Waals surface area (Å²) < 4.78 is 0. The molecule has 1 rings (SSSR count). The van der Waals surface area contributed by atoms with Crippen LogP contribution in [0.25, 0.3) is 0 Å². The highest BCUT2D eigenvalue weighted by Gasteiger charge is 2.05. The second-order valence-corrected chi connectivity index (χ2v) is 3.16. The van der Waals surface area contributed by atoms with Crippen molar-refractivity contribution in [1.29, 1.82) is 0 Å². The molecule has 0 bridgehead atoms. The van der Waals surface area contributed by atoms with E-state index < -0.39 is 0 Å². The summed E-state index contributed by atoms with van der Waals surface area (Å²) in [6.45, 7) is 7.29. The molecule has 0 aliphatic heterocycles. The van der Waals surface area contributed by atoms with Gasteiger partial charge in [0.1, 0.15) is 5.75 Å². The van der Waals surface area contributed by atoms with Crippen LogP contribution in [0.4, 0.5) is 5.69 Å². The summed E-state index contributed by atoms with van der Waals surface area (Å²) in [5.74, 6) is 0.243. The highest BCUT2D eigenvalue weighted by Crippen LogP contribution is 2.25. The fraction of sp³-hybridized carbons (Fsp3) is 0.167. The first-order chi connectivity index (χ1) is 6.69. The van der Waals surface area contributed by atoms with E-state index in [4.69, 9.17) is 5.73 Å². The Morgan fingerprint density at radius 3 is 1.93 bits per heavy atom. The number of phenolic OH excluding ortho intramolecular Hbond substituents is 1. The number of nitrogen functional groups attached to an aromatic ring is 1. The second kappa shape index (κ2) is 4.51. The van der Waals surface area contributed by atoms with Gasteiger partial charge < -0.3 is 10.8 Å². The van der Waals surface area contributed by atoms with Crippen LogP contribution in [-0.2, 0) is 12.8 Å². The normalized spacial score (nSPS) is 9.71. The molecule has 0 atom stereocenters. The molecule has 2 heteroatoms. The van der Waals surface area contributed by atoms with Crippen molar-refractivity contribution in [3.05, 3.63) is 48.6 Å². The number of hydrogen-bond acceptors (Lipinski definition) is 2. The fourth-order valence-electron chi connectivity index (χ4n) is 1.41. The van der Waals surface area contributed by atoms with Crippen molar-refractivity contribution in [2.24, 2.45) is 0 Å². The van der Waals surface area contributed by atoms with E-state index in [1.54, 1.807) is 24.3 Å². The summed E-state index contributed by atoms with van der Waals surface area (Å²) in [5, 5.41) is 9.45. The van der Waals surface area contributed by atoms with Gasteiger partial charge in [0.15, 0.2) is 0 Å². The van der Waals surface area contributed by atoms with Gasteiger partial charge in [0.25, 0.3) is 0 Å². The first-order valence-electron chi connectivity index (χ1n) is 4.51. The predicted octanol–water partition coefficient (Wildman–Crippen LogP) is 2.43. The molecule has 0 radical (unpaired) electrons. The topological polar surface area (TPSA) is 46.2 Å². The van der Waals surface area contributed by atoms with Crippen molar-refractivity contribution in [3.8, 4) is 5.75 Å². The number of phenols is 1. The van der Waals surface area contributed by atoms with Crippen molar-refractivity contribution in [1.82, 2.24) is 0 Å². The van der Waals surface area contributed by atoms with Crippen LogP contribution in [0.2, 0.25) is 0 Å². The molecule has 0 aromatic heterocycles. The molecule has 0 saturated heterocycles. The molecule has 0 aliphatic rings. The smallest absolute Gasteiger partial charge is 0.116 e. The maximum absolute atomic E-state index is 9.45. The van der Waals surface area contributed by atoms with Crippen molar-refractivity contribution in [3.63, 3.8) is 0 Å². The lowest BCUT2D eigenvalue weighted by Crippen LogP contribution is -1.98. The third kappa shape index (κ3) is 2.16. The number of allylic oxidation sites excluding steroid dienone is 2. The maximum Gasteiger partial charge on any atom is 0.116 e. The molecule has 0 saturated carbocycles. The number of anilines is 1. The lowest BCUT2D eigenvalue weighted by Gasteiger charge is -2.09. The highest BCUT2D eigenvalue weighted by atomic mass is 16.3. The molecule has 74 valence electrons. The fourth-order valence-corrected chi connectivity index (χ4v) is 1.41. The van der Waals surface area contributed by atoms with Crippen LogP contribution in [0.3, 0.4) is 0 Å². The molecule has 0 amide bonds. The maximum atomic E-state index is 9.45. The van der Waals surface area contributed by atoms with Crippen LogP contribution in [0, 0.1) is 0 Å². The molecular formula is C12H15NO. The van der Waals surface area contributed by atoms with Crippen LogP contribution in [-0.4, -0.2) is 5.11 Å². The molecule has 3 N–H and O–H groups in total. The van der Waals surface area contributed by atoms with E-state index in [-0.39, 0.29) is 5.75 Å². The zero-order chi connectivity index (χ0) is 10.6. The van der Waals surface area contributed by atoms with Gasteiger partial charge in [-0.25, -0.2) is 0 Å². The van der Waals surface area contributed by atoms with Gasteiger partial charge in [0.2, 0.25) is 0 Å². The molecular weight excluding hydrogens is 174 g/mol. The summed E-state index contributed by atoms with van der Waals surface area (Å²) in [5.41, 5.74) is 8.47. The lowest BCUT2D eigenvalue weighted by molar-refractivity contribution is 0.474. The van der Waals surface area contributed by atoms with Gasteiger partial charge >= 0.3 is 0 Å². The summed E-state index contributed by atoms with van der Waals surface area (Å²) in [7, 11) is 0. The van der Waals surface area contributed by atoms with E-state index in [0.717, 1.165) is 16.8 Å². The van der Waals surface area contributed by atoms with Gasteiger partial charge in [-0.2, -0.15) is 0 Å². The number of benzene rings is 1. The SMILES string of the molecule is C=CCc1cc(O)cc(CC=C)c1N. The van der Waals surface area contributed by atoms with E-state index in [0.29, 0.717) is 12.8 Å². The van der Waals surface area contributed by atoms with Crippen LogP contribution < -0.4 is 5.73 Å². The molecule has 14 heavy (non-hydrogen) atoms. The lowest BCUT2D eigenvalue weighted by atomic mass is 10.0. The van der Waals surface area contributed by atoms with Gasteiger partial charge in [-0.1, -0.05) is 12.2 Å². The Balaban J connectivity index is 3.16. The molecule has 1 aromatic rings. The Bertz CT molecular complexity index is 324. The van der Waals surface area contributed by atoms with Gasteiger partial charge in [-0.05, 0) is 36.1 Å². The minimum atomic E-state index is 0.243. The number of rotatable bonds is 4. The van der Waals surface area contributed by atoms with Gasteiger partial charge in [0, 0.05) is 5.69 Å². The molecule has 0 unspecified atom stereocenters. The van der Waals surface area contributed by atoms with Crippen LogP contribution >= 0.6 is 0 Å². The van der Waals surface area contributed by atoms with Crippen molar-refractivity contribution in [2.45, 2.75) is 12.8 Å². The quantitative estimate of drug-likeness (QED) is 0.434. The van der Waals surface area contributed by atoms with E-state index in [2.05, 4.69) is 13.2 Å². The number of nitrogens with two attached hydrogens (primary N) is 1. The van der Waals surface area contributed by atoms with E-state index in [1.807, 2.05) is 0 Å². The Labute approximate surface area is 84.4 Å². The Morgan fingerprint density at radius 1 is 1.14 bits per heavy atom. The monoisotopic (exact) mass is 189 g/mol. The molecule has 0 heterocycles. The summed E-state index contributed by atoms with van der Waals surface area (Å²) >= 11 is 0. The number of hydrogen-bond donors (Lipinski definition) is 2. The minimum Gasteiger partial charge on any atom is -0.508 e. The van der Waals surface area contributed by atoms with Crippen LogP contribution in [0.5, 0.6) is 5.75 Å². The van der Waals surface area contributed by atoms with E-state index in [9.17, 15) is 5.11 Å². The van der Waals surface area contributed by atoms with E-state index in [1.165, 1.54) is 0 Å². The van der Waals surface area contributed by atoms with E-state index >= 15 is 0 Å². The second-order valence-electron chi connectivity index (χ2n) is 3.16. The summed E-state index contributed by atoms with van der Waals surface area (Å²) in [6.07, 6.45) is 4.88. The molecule has 1 aromatic carbocycles. The first-order valence-corrected chi connectivity index (χ1v) is 4.51. The third-order valence-electron chi connectivity index (χ3n) is 2.06. The molecule has 2 nitrogen and oxygen atoms in total. The summed E-state index contributed by atoms with van der Waals surface area (Å²) in [6, 6.07) is 3.34. The first kappa shape index (κ1) is 10.4. The van der Waals surface area contributed by atoms with Gasteiger partial charge in [-0.15, -0.1) is 13.2 Å². The van der Waals surface area contributed by atoms with Crippen LogP contribution in [0.1, 0.15) is 11.1 Å². The summed E-state index contributed by atoms with van der Waals surface area (Å²) in [4.78, 5) is 0. The largest absolute Gasteiger partial charge is 0.508 e.